The Labute approximate surface area is 140 Å². The van der Waals surface area contributed by atoms with Gasteiger partial charge in [0.05, 0.1) is 7.11 Å². The monoisotopic (exact) mass is 321 g/mol. The number of nitrogens with one attached hydrogen (secondary N) is 1. The van der Waals surface area contributed by atoms with Gasteiger partial charge in [0.25, 0.3) is 5.91 Å². The summed E-state index contributed by atoms with van der Waals surface area (Å²) in [5.41, 5.74) is -0.132. The Kier molecular flexibility index (Phi) is 6.48. The number of amides is 1. The number of hydrogen-bond donors (Lipinski definition) is 1. The van der Waals surface area contributed by atoms with E-state index in [1.54, 1.807) is 13.2 Å². The van der Waals surface area contributed by atoms with Crippen LogP contribution in [0.25, 0.3) is 0 Å². The summed E-state index contributed by atoms with van der Waals surface area (Å²) >= 11 is 0. The van der Waals surface area contributed by atoms with Crippen LogP contribution in [0, 0.1) is 5.41 Å². The number of ether oxygens (including phenoxy) is 2. The molecule has 0 saturated carbocycles. The molecule has 1 N–H and O–H groups in total. The normalized spacial score (nSPS) is 13.3. The molecule has 0 aliphatic carbocycles. The molecule has 0 spiro atoms. The van der Waals surface area contributed by atoms with Crippen molar-refractivity contribution in [3.05, 3.63) is 24.3 Å². The highest BCUT2D eigenvalue weighted by Crippen LogP contribution is 2.27. The Hall–Kier alpha value is -1.71. The Morgan fingerprint density at radius 1 is 1.17 bits per heavy atom. The van der Waals surface area contributed by atoms with Gasteiger partial charge in [0, 0.05) is 11.6 Å². The molecule has 0 bridgehead atoms. The van der Waals surface area contributed by atoms with Crippen molar-refractivity contribution in [3.63, 3.8) is 0 Å². The van der Waals surface area contributed by atoms with Crippen LogP contribution in [0.2, 0.25) is 0 Å². The van der Waals surface area contributed by atoms with Gasteiger partial charge in [-0.2, -0.15) is 0 Å². The number of hydrogen-bond acceptors (Lipinski definition) is 3. The van der Waals surface area contributed by atoms with E-state index in [4.69, 9.17) is 9.47 Å². The van der Waals surface area contributed by atoms with Gasteiger partial charge < -0.3 is 14.8 Å². The summed E-state index contributed by atoms with van der Waals surface area (Å²) in [7, 11) is 1.61. The fraction of sp³-hybridized carbons (Fsp3) is 0.632. The molecule has 130 valence electrons. The standard InChI is InChI=1S/C19H31NO3/c1-8-16(23-15-11-9-10-14(12-15)22-7)17(21)20-19(5,6)13-18(2,3)4/h9-12,16H,8,13H2,1-7H3,(H,20,21)/t16-/m0/s1. The van der Waals surface area contributed by atoms with E-state index >= 15 is 0 Å². The van der Waals surface area contributed by atoms with Gasteiger partial charge in [0.15, 0.2) is 6.10 Å². The van der Waals surface area contributed by atoms with Crippen molar-refractivity contribution in [1.29, 1.82) is 0 Å². The fourth-order valence-corrected chi connectivity index (χ4v) is 2.95. The molecule has 0 heterocycles. The molecule has 0 fully saturated rings. The molecule has 4 heteroatoms. The van der Waals surface area contributed by atoms with Crippen molar-refractivity contribution >= 4 is 5.91 Å². The maximum atomic E-state index is 12.6. The zero-order chi connectivity index (χ0) is 17.7. The van der Waals surface area contributed by atoms with Crippen molar-refractivity contribution in [2.75, 3.05) is 7.11 Å². The molecule has 0 unspecified atom stereocenters. The first kappa shape index (κ1) is 19.3. The first-order valence-corrected chi connectivity index (χ1v) is 8.19. The van der Waals surface area contributed by atoms with Gasteiger partial charge in [-0.05, 0) is 44.2 Å². The van der Waals surface area contributed by atoms with E-state index < -0.39 is 6.10 Å². The number of rotatable bonds is 7. The molecule has 0 aliphatic rings. The molecule has 23 heavy (non-hydrogen) atoms. The number of carbonyl (C=O) groups excluding carboxylic acids is 1. The van der Waals surface area contributed by atoms with Crippen molar-refractivity contribution in [1.82, 2.24) is 5.32 Å². The molecular formula is C19H31NO3. The van der Waals surface area contributed by atoms with Crippen molar-refractivity contribution < 1.29 is 14.3 Å². The molecule has 1 rings (SSSR count). The summed E-state index contributed by atoms with van der Waals surface area (Å²) in [5.74, 6) is 1.27. The summed E-state index contributed by atoms with van der Waals surface area (Å²) in [6.07, 6.45) is 0.983. The fourth-order valence-electron chi connectivity index (χ4n) is 2.95. The van der Waals surface area contributed by atoms with E-state index in [1.165, 1.54) is 0 Å². The van der Waals surface area contributed by atoms with Gasteiger partial charge in [-0.15, -0.1) is 0 Å². The first-order valence-electron chi connectivity index (χ1n) is 8.19. The molecule has 1 aromatic carbocycles. The van der Waals surface area contributed by atoms with Gasteiger partial charge in [-0.3, -0.25) is 4.79 Å². The molecule has 1 atom stereocenters. The minimum atomic E-state index is -0.513. The average molecular weight is 321 g/mol. The topological polar surface area (TPSA) is 47.6 Å². The van der Waals surface area contributed by atoms with Crippen LogP contribution < -0.4 is 14.8 Å². The van der Waals surface area contributed by atoms with Crippen molar-refractivity contribution in [2.24, 2.45) is 5.41 Å². The second-order valence-electron chi connectivity index (χ2n) is 7.80. The average Bonchev–Trinajstić information content (AvgIpc) is 2.41. The van der Waals surface area contributed by atoms with E-state index in [1.807, 2.05) is 25.1 Å². The smallest absolute Gasteiger partial charge is 0.261 e. The van der Waals surface area contributed by atoms with Crippen LogP contribution in [0.1, 0.15) is 54.4 Å². The van der Waals surface area contributed by atoms with E-state index in [-0.39, 0.29) is 16.9 Å². The minimum Gasteiger partial charge on any atom is -0.497 e. The number of methoxy groups -OCH3 is 1. The lowest BCUT2D eigenvalue weighted by Gasteiger charge is -2.34. The van der Waals surface area contributed by atoms with E-state index in [0.29, 0.717) is 17.9 Å². The van der Waals surface area contributed by atoms with E-state index in [0.717, 1.165) is 6.42 Å². The van der Waals surface area contributed by atoms with Crippen LogP contribution in [0.3, 0.4) is 0 Å². The lowest BCUT2D eigenvalue weighted by Crippen LogP contribution is -2.50. The maximum absolute atomic E-state index is 12.6. The van der Waals surface area contributed by atoms with Crippen molar-refractivity contribution in [2.45, 2.75) is 66.0 Å². The Morgan fingerprint density at radius 3 is 2.30 bits per heavy atom. The van der Waals surface area contributed by atoms with E-state index in [9.17, 15) is 4.79 Å². The highest BCUT2D eigenvalue weighted by Gasteiger charge is 2.30. The van der Waals surface area contributed by atoms with E-state index in [2.05, 4.69) is 39.9 Å². The third kappa shape index (κ3) is 6.93. The zero-order valence-electron chi connectivity index (χ0n) is 15.5. The van der Waals surface area contributed by atoms with Crippen LogP contribution in [-0.2, 0) is 4.79 Å². The number of carbonyl (C=O) groups is 1. The molecule has 1 amide bonds. The Bertz CT molecular complexity index is 518. The van der Waals surface area contributed by atoms with Gasteiger partial charge in [0.2, 0.25) is 0 Å². The summed E-state index contributed by atoms with van der Waals surface area (Å²) in [5, 5.41) is 3.12. The van der Waals surface area contributed by atoms with Gasteiger partial charge in [-0.1, -0.05) is 33.8 Å². The lowest BCUT2D eigenvalue weighted by atomic mass is 9.81. The van der Waals surface area contributed by atoms with Crippen LogP contribution in [-0.4, -0.2) is 24.7 Å². The molecule has 4 nitrogen and oxygen atoms in total. The van der Waals surface area contributed by atoms with Crippen LogP contribution in [0.4, 0.5) is 0 Å². The van der Waals surface area contributed by atoms with Crippen LogP contribution in [0.15, 0.2) is 24.3 Å². The lowest BCUT2D eigenvalue weighted by molar-refractivity contribution is -0.130. The molecule has 0 aliphatic heterocycles. The predicted molar refractivity (Wildman–Crippen MR) is 94.0 cm³/mol. The van der Waals surface area contributed by atoms with Gasteiger partial charge >= 0.3 is 0 Å². The second kappa shape index (κ2) is 7.71. The molecule has 0 aromatic heterocycles. The molecule has 1 aromatic rings. The first-order chi connectivity index (χ1) is 10.6. The van der Waals surface area contributed by atoms with Gasteiger partial charge in [0.1, 0.15) is 11.5 Å². The number of benzene rings is 1. The summed E-state index contributed by atoms with van der Waals surface area (Å²) in [4.78, 5) is 12.6. The largest absolute Gasteiger partial charge is 0.497 e. The summed E-state index contributed by atoms with van der Waals surface area (Å²) < 4.78 is 11.0. The zero-order valence-corrected chi connectivity index (χ0v) is 15.5. The van der Waals surface area contributed by atoms with Crippen LogP contribution >= 0.6 is 0 Å². The quantitative estimate of drug-likeness (QED) is 0.819. The van der Waals surface area contributed by atoms with Gasteiger partial charge in [-0.25, -0.2) is 0 Å². The SMILES string of the molecule is CC[C@H](Oc1cccc(OC)c1)C(=O)NC(C)(C)CC(C)(C)C. The van der Waals surface area contributed by atoms with Crippen molar-refractivity contribution in [3.8, 4) is 11.5 Å². The highest BCUT2D eigenvalue weighted by molar-refractivity contribution is 5.81. The minimum absolute atomic E-state index is 0.0791. The second-order valence-corrected chi connectivity index (χ2v) is 7.80. The summed E-state index contributed by atoms with van der Waals surface area (Å²) in [6.45, 7) is 12.6. The highest BCUT2D eigenvalue weighted by atomic mass is 16.5. The van der Waals surface area contributed by atoms with Crippen LogP contribution in [0.5, 0.6) is 11.5 Å². The Morgan fingerprint density at radius 2 is 1.78 bits per heavy atom. The summed E-state index contributed by atoms with van der Waals surface area (Å²) in [6, 6.07) is 7.32. The molecule has 0 saturated heterocycles. The maximum Gasteiger partial charge on any atom is 0.261 e. The molecule has 0 radical (unpaired) electrons. The Balaban J connectivity index is 2.75. The molecular weight excluding hydrogens is 290 g/mol. The predicted octanol–water partition coefficient (Wildman–Crippen LogP) is 4.18. The third-order valence-corrected chi connectivity index (χ3v) is 3.42. The third-order valence-electron chi connectivity index (χ3n) is 3.42.